The number of nitrogens with zero attached hydrogens (tertiary/aromatic N) is 2. The van der Waals surface area contributed by atoms with Crippen LogP contribution in [0.1, 0.15) is 26.8 Å². The number of aryl methyl sites for hydroxylation is 1. The maximum absolute atomic E-state index is 10.6. The number of carbonyl (C=O) groups is 1. The molecule has 0 radical (unpaired) electrons. The number of thiazole rings is 1. The van der Waals surface area contributed by atoms with Gasteiger partial charge in [0.05, 0.1) is 5.69 Å². The molecule has 1 aliphatic heterocycles. The molecule has 76 valence electrons. The fourth-order valence-electron chi connectivity index (χ4n) is 1.63. The van der Waals surface area contributed by atoms with Crippen LogP contribution in [0, 0.1) is 0 Å². The molecule has 0 saturated carbocycles. The number of carbonyl (C=O) groups excluding carboxylic acids is 1. The third kappa shape index (κ3) is 2.82. The van der Waals surface area contributed by atoms with E-state index in [4.69, 9.17) is 0 Å². The summed E-state index contributed by atoms with van der Waals surface area (Å²) in [4.78, 5) is 17.9. The van der Waals surface area contributed by atoms with Crippen LogP contribution in [0.4, 0.5) is 0 Å². The molecule has 0 fully saturated rings. The van der Waals surface area contributed by atoms with Crippen LogP contribution in [0.5, 0.6) is 0 Å². The molecule has 0 spiro atoms. The average molecular weight is 218 g/mol. The minimum Gasteiger partial charge on any atom is -0.542 e. The Balaban J connectivity index is 0.00000112. The second kappa shape index (κ2) is 5.13. The van der Waals surface area contributed by atoms with E-state index < -0.39 is 5.97 Å². The van der Waals surface area contributed by atoms with E-state index in [-0.39, 0.29) is 23.9 Å². The van der Waals surface area contributed by atoms with Gasteiger partial charge in [-0.05, 0) is 26.4 Å². The Hall–Kier alpha value is -0.343. The van der Waals surface area contributed by atoms with E-state index in [0.717, 1.165) is 36.5 Å². The van der Waals surface area contributed by atoms with Crippen molar-refractivity contribution in [1.82, 2.24) is 9.88 Å². The molecule has 0 unspecified atom stereocenters. The standard InChI is InChI=1S/C9H12N2O2S.Li/c1-11-4-2-3-6-7(5-11)14-8(10-6)9(12)13;/h2-5H2,1H3,(H,12,13);/q;+1/p-1. The van der Waals surface area contributed by atoms with Crippen molar-refractivity contribution < 1.29 is 28.8 Å². The summed E-state index contributed by atoms with van der Waals surface area (Å²) in [6.45, 7) is 1.85. The van der Waals surface area contributed by atoms with Crippen molar-refractivity contribution in [2.45, 2.75) is 19.4 Å². The van der Waals surface area contributed by atoms with Crippen molar-refractivity contribution in [2.24, 2.45) is 0 Å². The fraction of sp³-hybridized carbons (Fsp3) is 0.556. The van der Waals surface area contributed by atoms with Crippen molar-refractivity contribution in [2.75, 3.05) is 13.6 Å². The second-order valence-electron chi connectivity index (χ2n) is 3.52. The van der Waals surface area contributed by atoms with Crippen LogP contribution < -0.4 is 24.0 Å². The Morgan fingerprint density at radius 1 is 1.60 bits per heavy atom. The van der Waals surface area contributed by atoms with Gasteiger partial charge in [0.15, 0.2) is 0 Å². The van der Waals surface area contributed by atoms with Crippen molar-refractivity contribution in [1.29, 1.82) is 0 Å². The van der Waals surface area contributed by atoms with Crippen LogP contribution in [0.3, 0.4) is 0 Å². The van der Waals surface area contributed by atoms with Gasteiger partial charge >= 0.3 is 18.9 Å². The Labute approximate surface area is 104 Å². The van der Waals surface area contributed by atoms with Gasteiger partial charge in [0.1, 0.15) is 11.0 Å². The van der Waals surface area contributed by atoms with E-state index in [9.17, 15) is 9.90 Å². The molecule has 1 aromatic rings. The van der Waals surface area contributed by atoms with Crippen LogP contribution in [0.15, 0.2) is 0 Å². The van der Waals surface area contributed by atoms with Gasteiger partial charge in [-0.15, -0.1) is 11.3 Å². The SMILES string of the molecule is CN1CCCc2nc(C(=O)[O-])sc2C1.[Li+]. The number of fused-ring (bicyclic) bond motifs is 1. The Bertz CT molecular complexity index is 367. The Kier molecular flexibility index (Phi) is 4.35. The molecular formula is C9H11LiN2O2S. The zero-order chi connectivity index (χ0) is 10.1. The average Bonchev–Trinajstić information content (AvgIpc) is 2.42. The van der Waals surface area contributed by atoms with Crippen LogP contribution in [-0.4, -0.2) is 29.4 Å². The number of carboxylic acid groups (broad SMARTS) is 1. The number of hydrogen-bond donors (Lipinski definition) is 0. The summed E-state index contributed by atoms with van der Waals surface area (Å²) in [6, 6.07) is 0. The first kappa shape index (κ1) is 12.7. The molecule has 2 heterocycles. The third-order valence-corrected chi connectivity index (χ3v) is 3.38. The summed E-state index contributed by atoms with van der Waals surface area (Å²) in [5.74, 6) is -1.16. The van der Waals surface area contributed by atoms with Gasteiger partial charge in [-0.2, -0.15) is 0 Å². The van der Waals surface area contributed by atoms with Gasteiger partial charge < -0.3 is 14.8 Å². The van der Waals surface area contributed by atoms with E-state index >= 15 is 0 Å². The molecule has 4 nitrogen and oxygen atoms in total. The minimum absolute atomic E-state index is 0. The first-order chi connectivity index (χ1) is 6.66. The third-order valence-electron chi connectivity index (χ3n) is 2.32. The van der Waals surface area contributed by atoms with Gasteiger partial charge in [-0.25, -0.2) is 4.98 Å². The maximum atomic E-state index is 10.6. The normalized spacial score (nSPS) is 16.3. The van der Waals surface area contributed by atoms with E-state index in [2.05, 4.69) is 9.88 Å². The summed E-state index contributed by atoms with van der Waals surface area (Å²) < 4.78 is 0. The summed E-state index contributed by atoms with van der Waals surface area (Å²) in [5, 5.41) is 10.7. The molecule has 0 atom stereocenters. The molecule has 0 aliphatic carbocycles. The van der Waals surface area contributed by atoms with Crippen LogP contribution in [0.25, 0.3) is 0 Å². The minimum atomic E-state index is -1.16. The zero-order valence-electron chi connectivity index (χ0n) is 8.95. The second-order valence-corrected chi connectivity index (χ2v) is 4.60. The quantitative estimate of drug-likeness (QED) is 0.468. The summed E-state index contributed by atoms with van der Waals surface area (Å²) >= 11 is 1.25. The molecule has 1 aromatic heterocycles. The number of carboxylic acids is 1. The molecule has 0 N–H and O–H groups in total. The number of hydrogen-bond acceptors (Lipinski definition) is 5. The maximum Gasteiger partial charge on any atom is 1.00 e. The van der Waals surface area contributed by atoms with E-state index in [1.165, 1.54) is 11.3 Å². The predicted octanol–water partition coefficient (Wildman–Crippen LogP) is -3.11. The van der Waals surface area contributed by atoms with E-state index in [1.54, 1.807) is 0 Å². The largest absolute Gasteiger partial charge is 1.00 e. The smallest absolute Gasteiger partial charge is 0.542 e. The topological polar surface area (TPSA) is 56.3 Å². The van der Waals surface area contributed by atoms with Gasteiger partial charge in [0, 0.05) is 11.4 Å². The van der Waals surface area contributed by atoms with Crippen LogP contribution >= 0.6 is 11.3 Å². The van der Waals surface area contributed by atoms with Crippen molar-refractivity contribution in [3.63, 3.8) is 0 Å². The molecule has 0 amide bonds. The first-order valence-corrected chi connectivity index (χ1v) is 5.37. The Morgan fingerprint density at radius 2 is 2.33 bits per heavy atom. The van der Waals surface area contributed by atoms with Crippen molar-refractivity contribution >= 4 is 17.3 Å². The molecule has 15 heavy (non-hydrogen) atoms. The van der Waals surface area contributed by atoms with Crippen LogP contribution in [0.2, 0.25) is 0 Å². The van der Waals surface area contributed by atoms with Gasteiger partial charge in [0.2, 0.25) is 0 Å². The van der Waals surface area contributed by atoms with Gasteiger partial charge in [-0.1, -0.05) is 0 Å². The van der Waals surface area contributed by atoms with E-state index in [0.29, 0.717) is 0 Å². The van der Waals surface area contributed by atoms with E-state index in [1.807, 2.05) is 7.05 Å². The molecule has 0 bridgehead atoms. The van der Waals surface area contributed by atoms with Gasteiger partial charge in [0.25, 0.3) is 0 Å². The monoisotopic (exact) mass is 218 g/mol. The molecule has 2 rings (SSSR count). The zero-order valence-corrected chi connectivity index (χ0v) is 9.76. The summed E-state index contributed by atoms with van der Waals surface area (Å²) in [6.07, 6.45) is 1.92. The summed E-state index contributed by atoms with van der Waals surface area (Å²) in [5.41, 5.74) is 0.943. The van der Waals surface area contributed by atoms with Gasteiger partial charge in [-0.3, -0.25) is 0 Å². The molecule has 6 heteroatoms. The van der Waals surface area contributed by atoms with Crippen LogP contribution in [-0.2, 0) is 13.0 Å². The fourth-order valence-corrected chi connectivity index (χ4v) is 2.65. The number of rotatable bonds is 1. The summed E-state index contributed by atoms with van der Waals surface area (Å²) in [7, 11) is 2.04. The molecular weight excluding hydrogens is 207 g/mol. The Morgan fingerprint density at radius 3 is 3.00 bits per heavy atom. The number of aromatic carboxylic acids is 1. The van der Waals surface area contributed by atoms with Crippen molar-refractivity contribution in [3.05, 3.63) is 15.6 Å². The molecule has 1 aliphatic rings. The first-order valence-electron chi connectivity index (χ1n) is 4.55. The molecule has 0 aromatic carbocycles. The molecule has 0 saturated heterocycles. The predicted molar refractivity (Wildman–Crippen MR) is 51.1 cm³/mol. The number of aromatic nitrogens is 1. The van der Waals surface area contributed by atoms with Crippen molar-refractivity contribution in [3.8, 4) is 0 Å².